The van der Waals surface area contributed by atoms with Gasteiger partial charge in [0.25, 0.3) is 0 Å². The van der Waals surface area contributed by atoms with Crippen LogP contribution in [0.1, 0.15) is 49.4 Å². The lowest BCUT2D eigenvalue weighted by Gasteiger charge is -2.24. The van der Waals surface area contributed by atoms with Crippen LogP contribution in [-0.2, 0) is 4.74 Å². The van der Waals surface area contributed by atoms with E-state index in [4.69, 9.17) is 17.0 Å². The molecule has 0 aliphatic heterocycles. The lowest BCUT2D eigenvalue weighted by molar-refractivity contribution is 0.0526. The molecule has 1 aromatic carbocycles. The zero-order valence-electron chi connectivity index (χ0n) is 12.4. The van der Waals surface area contributed by atoms with Crippen LogP contribution in [0.4, 0.5) is 5.69 Å². The molecule has 0 bridgehead atoms. The van der Waals surface area contributed by atoms with Crippen molar-refractivity contribution in [2.24, 2.45) is 0 Å². The average molecular weight is 306 g/mol. The molecule has 0 spiro atoms. The Morgan fingerprint density at radius 1 is 1.33 bits per heavy atom. The van der Waals surface area contributed by atoms with Crippen LogP contribution in [0.5, 0.6) is 0 Å². The standard InChI is InChI=1S/C16H22N2O2S/c1-2-20-15(19)12-7-6-10-14(11-12)18-16(21)17-13-8-4-3-5-9-13/h6-7,10-11,13H,2-5,8-9H2,1H3,(H2,17,18,21). The number of anilines is 1. The minimum absolute atomic E-state index is 0.313. The summed E-state index contributed by atoms with van der Waals surface area (Å²) in [5, 5.41) is 7.10. The first-order valence-electron chi connectivity index (χ1n) is 7.53. The number of benzene rings is 1. The molecule has 0 unspecified atom stereocenters. The Kier molecular flexibility index (Phi) is 5.99. The van der Waals surface area contributed by atoms with Crippen molar-refractivity contribution in [3.8, 4) is 0 Å². The van der Waals surface area contributed by atoms with Crippen molar-refractivity contribution in [3.05, 3.63) is 29.8 Å². The zero-order valence-corrected chi connectivity index (χ0v) is 13.2. The van der Waals surface area contributed by atoms with Crippen molar-refractivity contribution in [2.45, 2.75) is 45.1 Å². The summed E-state index contributed by atoms with van der Waals surface area (Å²) >= 11 is 5.34. The molecule has 0 saturated heterocycles. The van der Waals surface area contributed by atoms with Crippen LogP contribution in [0.3, 0.4) is 0 Å². The van der Waals surface area contributed by atoms with E-state index in [0.717, 1.165) is 5.69 Å². The summed E-state index contributed by atoms with van der Waals surface area (Å²) < 4.78 is 4.99. The van der Waals surface area contributed by atoms with E-state index in [9.17, 15) is 4.79 Å². The quantitative estimate of drug-likeness (QED) is 0.659. The second kappa shape index (κ2) is 7.98. The highest BCUT2D eigenvalue weighted by molar-refractivity contribution is 7.80. The summed E-state index contributed by atoms with van der Waals surface area (Å²) in [5.74, 6) is -0.313. The highest BCUT2D eigenvalue weighted by atomic mass is 32.1. The first-order valence-corrected chi connectivity index (χ1v) is 7.94. The predicted molar refractivity (Wildman–Crippen MR) is 88.6 cm³/mol. The van der Waals surface area contributed by atoms with Crippen molar-refractivity contribution < 1.29 is 9.53 Å². The lowest BCUT2D eigenvalue weighted by atomic mass is 9.96. The topological polar surface area (TPSA) is 50.4 Å². The Morgan fingerprint density at radius 2 is 2.10 bits per heavy atom. The van der Waals surface area contributed by atoms with E-state index in [-0.39, 0.29) is 5.97 Å². The van der Waals surface area contributed by atoms with Gasteiger partial charge < -0.3 is 15.4 Å². The van der Waals surface area contributed by atoms with Crippen LogP contribution >= 0.6 is 12.2 Å². The maximum Gasteiger partial charge on any atom is 0.338 e. The number of esters is 1. The van der Waals surface area contributed by atoms with Gasteiger partial charge >= 0.3 is 5.97 Å². The number of hydrogen-bond acceptors (Lipinski definition) is 3. The maximum atomic E-state index is 11.7. The van der Waals surface area contributed by atoms with Gasteiger partial charge in [0.1, 0.15) is 0 Å². The number of ether oxygens (including phenoxy) is 1. The largest absolute Gasteiger partial charge is 0.462 e. The van der Waals surface area contributed by atoms with Gasteiger partial charge in [-0.3, -0.25) is 0 Å². The summed E-state index contributed by atoms with van der Waals surface area (Å²) in [6.45, 7) is 2.17. The summed E-state index contributed by atoms with van der Waals surface area (Å²) in [4.78, 5) is 11.7. The third kappa shape index (κ3) is 5.01. The van der Waals surface area contributed by atoms with E-state index >= 15 is 0 Å². The molecule has 0 atom stereocenters. The Hall–Kier alpha value is -1.62. The maximum absolute atomic E-state index is 11.7. The van der Waals surface area contributed by atoms with Crippen molar-refractivity contribution in [1.29, 1.82) is 0 Å². The molecule has 0 amide bonds. The number of hydrogen-bond donors (Lipinski definition) is 2. The smallest absolute Gasteiger partial charge is 0.338 e. The zero-order chi connectivity index (χ0) is 15.1. The fraction of sp³-hybridized carbons (Fsp3) is 0.500. The van der Waals surface area contributed by atoms with E-state index in [1.54, 1.807) is 19.1 Å². The molecule has 2 rings (SSSR count). The summed E-state index contributed by atoms with van der Waals surface area (Å²) in [6, 6.07) is 7.66. The molecule has 5 heteroatoms. The summed E-state index contributed by atoms with van der Waals surface area (Å²) in [7, 11) is 0. The summed E-state index contributed by atoms with van der Waals surface area (Å²) in [5.41, 5.74) is 1.33. The van der Waals surface area contributed by atoms with Gasteiger partial charge in [-0.15, -0.1) is 0 Å². The fourth-order valence-electron chi connectivity index (χ4n) is 2.54. The molecule has 0 heterocycles. The normalized spacial score (nSPS) is 15.3. The van der Waals surface area contributed by atoms with Gasteiger partial charge in [-0.05, 0) is 50.2 Å². The highest BCUT2D eigenvalue weighted by Crippen LogP contribution is 2.18. The fourth-order valence-corrected chi connectivity index (χ4v) is 2.82. The molecule has 4 nitrogen and oxygen atoms in total. The number of nitrogens with one attached hydrogen (secondary N) is 2. The lowest BCUT2D eigenvalue weighted by Crippen LogP contribution is -2.38. The van der Waals surface area contributed by atoms with E-state index in [1.165, 1.54) is 32.1 Å². The van der Waals surface area contributed by atoms with Crippen LogP contribution in [0, 0.1) is 0 Å². The van der Waals surface area contributed by atoms with Crippen LogP contribution in [-0.4, -0.2) is 23.7 Å². The second-order valence-electron chi connectivity index (χ2n) is 5.23. The Labute approximate surface area is 131 Å². The summed E-state index contributed by atoms with van der Waals surface area (Å²) in [6.07, 6.45) is 6.19. The third-order valence-electron chi connectivity index (χ3n) is 3.57. The molecule has 1 fully saturated rings. The molecule has 1 saturated carbocycles. The molecule has 2 N–H and O–H groups in total. The van der Waals surface area contributed by atoms with E-state index in [1.807, 2.05) is 12.1 Å². The molecule has 0 radical (unpaired) electrons. The Bertz CT molecular complexity index is 499. The van der Waals surface area contributed by atoms with Crippen molar-refractivity contribution >= 4 is 29.0 Å². The first kappa shape index (κ1) is 15.8. The van der Waals surface area contributed by atoms with Gasteiger partial charge in [-0.25, -0.2) is 4.79 Å². The van der Waals surface area contributed by atoms with Gasteiger partial charge in [0.05, 0.1) is 12.2 Å². The molecule has 1 aliphatic rings. The van der Waals surface area contributed by atoms with Crippen LogP contribution in [0.2, 0.25) is 0 Å². The van der Waals surface area contributed by atoms with Crippen molar-refractivity contribution in [3.63, 3.8) is 0 Å². The molecule has 0 aromatic heterocycles. The van der Waals surface area contributed by atoms with E-state index in [2.05, 4.69) is 10.6 Å². The average Bonchev–Trinajstić information content (AvgIpc) is 2.48. The van der Waals surface area contributed by atoms with Crippen molar-refractivity contribution in [2.75, 3.05) is 11.9 Å². The number of rotatable bonds is 4. The molecule has 1 aliphatic carbocycles. The Balaban J connectivity index is 1.91. The minimum atomic E-state index is -0.313. The minimum Gasteiger partial charge on any atom is -0.462 e. The predicted octanol–water partition coefficient (Wildman–Crippen LogP) is 3.48. The van der Waals surface area contributed by atoms with Gasteiger partial charge in [0.15, 0.2) is 5.11 Å². The van der Waals surface area contributed by atoms with Gasteiger partial charge in [-0.1, -0.05) is 25.3 Å². The third-order valence-corrected chi connectivity index (χ3v) is 3.79. The number of carbonyl (C=O) groups excluding carboxylic acids is 1. The number of carbonyl (C=O) groups is 1. The second-order valence-corrected chi connectivity index (χ2v) is 5.64. The van der Waals surface area contributed by atoms with E-state index < -0.39 is 0 Å². The van der Waals surface area contributed by atoms with Crippen LogP contribution in [0.25, 0.3) is 0 Å². The van der Waals surface area contributed by atoms with Crippen LogP contribution in [0.15, 0.2) is 24.3 Å². The number of thiocarbonyl (C=S) groups is 1. The van der Waals surface area contributed by atoms with Gasteiger partial charge in [0, 0.05) is 11.7 Å². The Morgan fingerprint density at radius 3 is 2.81 bits per heavy atom. The van der Waals surface area contributed by atoms with E-state index in [0.29, 0.717) is 23.3 Å². The van der Waals surface area contributed by atoms with Gasteiger partial charge in [0.2, 0.25) is 0 Å². The SMILES string of the molecule is CCOC(=O)c1cccc(NC(=S)NC2CCCCC2)c1. The molecule has 1 aromatic rings. The van der Waals surface area contributed by atoms with Crippen LogP contribution < -0.4 is 10.6 Å². The van der Waals surface area contributed by atoms with Gasteiger partial charge in [-0.2, -0.15) is 0 Å². The van der Waals surface area contributed by atoms with Crippen molar-refractivity contribution in [1.82, 2.24) is 5.32 Å². The monoisotopic (exact) mass is 306 g/mol. The first-order chi connectivity index (χ1) is 10.2. The molecular formula is C16H22N2O2S. The highest BCUT2D eigenvalue weighted by Gasteiger charge is 2.14. The molecule has 114 valence electrons. The molecular weight excluding hydrogens is 284 g/mol. The molecule has 21 heavy (non-hydrogen) atoms.